The zero-order chi connectivity index (χ0) is 28.9. The molecule has 0 spiro atoms. The van der Waals surface area contributed by atoms with Crippen molar-refractivity contribution in [2.24, 2.45) is 0 Å². The van der Waals surface area contributed by atoms with Crippen molar-refractivity contribution in [1.29, 1.82) is 0 Å². The Morgan fingerprint density at radius 3 is 2.10 bits per heavy atom. The molecule has 1 unspecified atom stereocenters. The number of halogens is 3. The van der Waals surface area contributed by atoms with Gasteiger partial charge in [0.1, 0.15) is 12.6 Å². The summed E-state index contributed by atoms with van der Waals surface area (Å²) in [6.45, 7) is 1.18. The molecular formula is C29H30Cl3N3O4S. The van der Waals surface area contributed by atoms with E-state index in [2.05, 4.69) is 5.32 Å². The second-order valence-corrected chi connectivity index (χ2v) is 12.9. The highest BCUT2D eigenvalue weighted by atomic mass is 35.5. The lowest BCUT2D eigenvalue weighted by Crippen LogP contribution is -2.52. The number of nitrogens with zero attached hydrogens (tertiary/aromatic N) is 2. The van der Waals surface area contributed by atoms with Gasteiger partial charge in [0.2, 0.25) is 11.8 Å². The van der Waals surface area contributed by atoms with Crippen molar-refractivity contribution in [3.05, 3.63) is 93.4 Å². The third-order valence-corrected chi connectivity index (χ3v) is 9.44. The van der Waals surface area contributed by atoms with E-state index in [4.69, 9.17) is 34.8 Å². The lowest BCUT2D eigenvalue weighted by molar-refractivity contribution is -0.139. The van der Waals surface area contributed by atoms with E-state index >= 15 is 0 Å². The van der Waals surface area contributed by atoms with E-state index in [1.807, 2.05) is 0 Å². The van der Waals surface area contributed by atoms with Crippen LogP contribution in [0.2, 0.25) is 15.1 Å². The van der Waals surface area contributed by atoms with Crippen molar-refractivity contribution in [1.82, 2.24) is 10.2 Å². The number of amides is 2. The van der Waals surface area contributed by atoms with E-state index < -0.39 is 28.5 Å². The highest BCUT2D eigenvalue weighted by Gasteiger charge is 2.33. The molecule has 0 radical (unpaired) electrons. The van der Waals surface area contributed by atoms with Gasteiger partial charge in [-0.05, 0) is 79.9 Å². The van der Waals surface area contributed by atoms with Crippen molar-refractivity contribution in [3.8, 4) is 0 Å². The number of nitrogens with one attached hydrogen (secondary N) is 1. The first kappa shape index (κ1) is 30.2. The molecule has 1 atom stereocenters. The van der Waals surface area contributed by atoms with Crippen LogP contribution in [0.3, 0.4) is 0 Å². The summed E-state index contributed by atoms with van der Waals surface area (Å²) < 4.78 is 28.6. The predicted molar refractivity (Wildman–Crippen MR) is 159 cm³/mol. The molecule has 0 aliphatic heterocycles. The lowest BCUT2D eigenvalue weighted by Gasteiger charge is -2.32. The van der Waals surface area contributed by atoms with E-state index in [-0.39, 0.29) is 29.1 Å². The first-order chi connectivity index (χ1) is 19.0. The highest BCUT2D eigenvalue weighted by Crippen LogP contribution is 2.28. The summed E-state index contributed by atoms with van der Waals surface area (Å²) in [6, 6.07) is 18.1. The van der Waals surface area contributed by atoms with Gasteiger partial charge in [-0.3, -0.25) is 13.9 Å². The Labute approximate surface area is 250 Å². The summed E-state index contributed by atoms with van der Waals surface area (Å²) in [5.41, 5.74) is 0.957. The van der Waals surface area contributed by atoms with Gasteiger partial charge in [0.25, 0.3) is 10.0 Å². The van der Waals surface area contributed by atoms with Crippen molar-refractivity contribution in [2.45, 2.75) is 56.1 Å². The first-order valence-corrected chi connectivity index (χ1v) is 15.5. The molecule has 3 aromatic carbocycles. The van der Waals surface area contributed by atoms with E-state index in [0.29, 0.717) is 15.1 Å². The minimum absolute atomic E-state index is 0.0408. The molecule has 7 nitrogen and oxygen atoms in total. The molecule has 40 heavy (non-hydrogen) atoms. The SMILES string of the molecule is CC(C(=O)NC1CCCC1)N(Cc1ccc(Cl)cc1)C(=O)CN(c1cccc(Cl)c1)S(=O)(=O)c1ccc(Cl)cc1. The fourth-order valence-electron chi connectivity index (χ4n) is 4.65. The molecular weight excluding hydrogens is 593 g/mol. The fourth-order valence-corrected chi connectivity index (χ4v) is 6.50. The maximum Gasteiger partial charge on any atom is 0.264 e. The summed E-state index contributed by atoms with van der Waals surface area (Å²) >= 11 is 18.2. The zero-order valence-electron chi connectivity index (χ0n) is 21.9. The quantitative estimate of drug-likeness (QED) is 0.287. The van der Waals surface area contributed by atoms with Crippen LogP contribution in [-0.4, -0.2) is 43.8 Å². The van der Waals surface area contributed by atoms with Crippen molar-refractivity contribution < 1.29 is 18.0 Å². The van der Waals surface area contributed by atoms with Crippen LogP contribution in [0.4, 0.5) is 5.69 Å². The van der Waals surface area contributed by atoms with Gasteiger partial charge in [0, 0.05) is 27.7 Å². The van der Waals surface area contributed by atoms with E-state index in [1.54, 1.807) is 49.4 Å². The number of anilines is 1. The zero-order valence-corrected chi connectivity index (χ0v) is 25.0. The van der Waals surface area contributed by atoms with E-state index in [0.717, 1.165) is 35.6 Å². The van der Waals surface area contributed by atoms with E-state index in [9.17, 15) is 18.0 Å². The molecule has 1 aliphatic carbocycles. The first-order valence-electron chi connectivity index (χ1n) is 12.9. The standard InChI is InChI=1S/C29H30Cl3N3O4S/c1-20(29(37)33-25-6-2-3-7-25)34(18-21-9-11-22(30)12-10-21)28(36)19-35(26-8-4-5-24(32)17-26)40(38,39)27-15-13-23(31)14-16-27/h4-5,8-17,20,25H,2-3,6-7,18-19H2,1H3,(H,33,37). The van der Waals surface area contributed by atoms with Gasteiger partial charge in [-0.25, -0.2) is 8.42 Å². The van der Waals surface area contributed by atoms with Crippen LogP contribution in [0.15, 0.2) is 77.7 Å². The van der Waals surface area contributed by atoms with Crippen LogP contribution in [0, 0.1) is 0 Å². The molecule has 0 bridgehead atoms. The molecule has 212 valence electrons. The second-order valence-electron chi connectivity index (χ2n) is 9.76. The minimum atomic E-state index is -4.21. The van der Waals surface area contributed by atoms with Crippen LogP contribution in [0.5, 0.6) is 0 Å². The molecule has 11 heteroatoms. The molecule has 1 N–H and O–H groups in total. The molecule has 3 aromatic rings. The van der Waals surface area contributed by atoms with Crippen molar-refractivity contribution in [3.63, 3.8) is 0 Å². The summed E-state index contributed by atoms with van der Waals surface area (Å²) in [6.07, 6.45) is 3.88. The smallest absolute Gasteiger partial charge is 0.264 e. The Bertz CT molecular complexity index is 1440. The molecule has 1 fully saturated rings. The normalized spacial score (nSPS) is 14.5. The van der Waals surface area contributed by atoms with Crippen LogP contribution >= 0.6 is 34.8 Å². The predicted octanol–water partition coefficient (Wildman–Crippen LogP) is 6.32. The summed E-state index contributed by atoms with van der Waals surface area (Å²) in [5.74, 6) is -0.842. The summed E-state index contributed by atoms with van der Waals surface area (Å²) in [7, 11) is -4.21. The minimum Gasteiger partial charge on any atom is -0.352 e. The Kier molecular flexibility index (Phi) is 10.0. The monoisotopic (exact) mass is 621 g/mol. The summed E-state index contributed by atoms with van der Waals surface area (Å²) in [5, 5.41) is 4.27. The molecule has 1 aliphatic rings. The Balaban J connectivity index is 1.68. The Hall–Kier alpha value is -2.78. The van der Waals surface area contributed by atoms with Crippen LogP contribution < -0.4 is 9.62 Å². The van der Waals surface area contributed by atoms with Gasteiger partial charge in [0.05, 0.1) is 10.6 Å². The highest BCUT2D eigenvalue weighted by molar-refractivity contribution is 7.92. The average molecular weight is 623 g/mol. The Morgan fingerprint density at radius 2 is 1.50 bits per heavy atom. The maximum absolute atomic E-state index is 14.0. The molecule has 0 aromatic heterocycles. The van der Waals surface area contributed by atoms with Gasteiger partial charge in [-0.1, -0.05) is 65.8 Å². The molecule has 0 saturated heterocycles. The van der Waals surface area contributed by atoms with Crippen molar-refractivity contribution in [2.75, 3.05) is 10.8 Å². The van der Waals surface area contributed by atoms with Gasteiger partial charge in [0.15, 0.2) is 0 Å². The lowest BCUT2D eigenvalue weighted by atomic mass is 10.1. The number of carbonyl (C=O) groups is 2. The molecule has 2 amide bonds. The van der Waals surface area contributed by atoms with Crippen LogP contribution in [-0.2, 0) is 26.2 Å². The van der Waals surface area contributed by atoms with Gasteiger partial charge in [-0.2, -0.15) is 0 Å². The van der Waals surface area contributed by atoms with Gasteiger partial charge >= 0.3 is 0 Å². The maximum atomic E-state index is 14.0. The number of benzene rings is 3. The molecule has 4 rings (SSSR count). The van der Waals surface area contributed by atoms with Crippen LogP contribution in [0.25, 0.3) is 0 Å². The molecule has 1 saturated carbocycles. The molecule has 0 heterocycles. The number of carbonyl (C=O) groups excluding carboxylic acids is 2. The third kappa shape index (κ3) is 7.49. The third-order valence-electron chi connectivity index (χ3n) is 6.91. The van der Waals surface area contributed by atoms with Gasteiger partial charge < -0.3 is 10.2 Å². The largest absolute Gasteiger partial charge is 0.352 e. The Morgan fingerprint density at radius 1 is 0.900 bits per heavy atom. The van der Waals surface area contributed by atoms with Crippen LogP contribution in [0.1, 0.15) is 38.2 Å². The fraction of sp³-hybridized carbons (Fsp3) is 0.310. The number of hydrogen-bond donors (Lipinski definition) is 1. The topological polar surface area (TPSA) is 86.8 Å². The second kappa shape index (κ2) is 13.3. The average Bonchev–Trinajstić information content (AvgIpc) is 3.44. The van der Waals surface area contributed by atoms with E-state index in [1.165, 1.54) is 35.2 Å². The number of sulfonamides is 1. The number of hydrogen-bond acceptors (Lipinski definition) is 4. The van der Waals surface area contributed by atoms with Gasteiger partial charge in [-0.15, -0.1) is 0 Å². The summed E-state index contributed by atoms with van der Waals surface area (Å²) in [4.78, 5) is 28.6. The van der Waals surface area contributed by atoms with Crippen molar-refractivity contribution >= 4 is 62.3 Å². The number of rotatable bonds is 10.